The van der Waals surface area contributed by atoms with Crippen LogP contribution in [-0.2, 0) is 35.4 Å². The van der Waals surface area contributed by atoms with E-state index in [-0.39, 0.29) is 39.6 Å². The first-order valence-electron chi connectivity index (χ1n) is 8.18. The Morgan fingerprint density at radius 2 is 1.52 bits per heavy atom. The van der Waals surface area contributed by atoms with Crippen molar-refractivity contribution in [1.29, 1.82) is 0 Å². The van der Waals surface area contributed by atoms with Crippen LogP contribution in [0.1, 0.15) is 59.3 Å². The zero-order valence-corrected chi connectivity index (χ0v) is 17.3. The maximum Gasteiger partial charge on any atom is 2.00 e. The number of nitrogens with two attached hydrogens (primary N) is 2. The van der Waals surface area contributed by atoms with Crippen molar-refractivity contribution in [2.45, 2.75) is 77.4 Å². The Bertz CT molecular complexity index is 430. The molecule has 0 aliphatic heterocycles. The van der Waals surface area contributed by atoms with Gasteiger partial charge in [-0.25, -0.2) is 0 Å². The molecular formula is C16H29N3O5Pt. The van der Waals surface area contributed by atoms with Gasteiger partial charge in [-0.3, -0.25) is 4.79 Å². The molecule has 148 valence electrons. The van der Waals surface area contributed by atoms with E-state index in [1.807, 2.05) is 0 Å². The van der Waals surface area contributed by atoms with Gasteiger partial charge in [-0.1, -0.05) is 33.6 Å². The Hall–Kier alpha value is -0.982. The molecule has 25 heavy (non-hydrogen) atoms. The summed E-state index contributed by atoms with van der Waals surface area (Å²) >= 11 is 0. The number of hydrogen-bond acceptors (Lipinski definition) is 7. The van der Waals surface area contributed by atoms with Gasteiger partial charge in [0.05, 0.1) is 12.0 Å². The minimum absolute atomic E-state index is 0. The van der Waals surface area contributed by atoms with Gasteiger partial charge < -0.3 is 36.6 Å². The second kappa shape index (κ2) is 12.4. The molecule has 5 N–H and O–H groups in total. The van der Waals surface area contributed by atoms with Crippen LogP contribution in [0.3, 0.4) is 0 Å². The summed E-state index contributed by atoms with van der Waals surface area (Å²) in [5.41, 5.74) is 10.6. The third kappa shape index (κ3) is 12.1. The minimum Gasteiger partial charge on any atom is -0.550 e. The number of carbonyl (C=O) groups excluding carboxylic acids is 3. The van der Waals surface area contributed by atoms with Crippen LogP contribution in [0.4, 0.5) is 0 Å². The molecule has 1 rings (SSSR count). The maximum absolute atomic E-state index is 11.5. The minimum atomic E-state index is -1.50. The zero-order valence-electron chi connectivity index (χ0n) is 15.0. The van der Waals surface area contributed by atoms with E-state index >= 15 is 0 Å². The molecule has 0 aromatic rings. The topological polar surface area (TPSA) is 161 Å². The first-order chi connectivity index (χ1) is 10.9. The van der Waals surface area contributed by atoms with Gasteiger partial charge in [0.1, 0.15) is 0 Å². The van der Waals surface area contributed by atoms with E-state index < -0.39 is 35.7 Å². The van der Waals surface area contributed by atoms with Gasteiger partial charge in [0, 0.05) is 23.5 Å². The van der Waals surface area contributed by atoms with Crippen LogP contribution in [0.5, 0.6) is 0 Å². The van der Waals surface area contributed by atoms with Crippen molar-refractivity contribution < 1.29 is 45.7 Å². The summed E-state index contributed by atoms with van der Waals surface area (Å²) in [4.78, 5) is 32.3. The van der Waals surface area contributed by atoms with Gasteiger partial charge >= 0.3 is 21.1 Å². The smallest absolute Gasteiger partial charge is 0.550 e. The van der Waals surface area contributed by atoms with Crippen molar-refractivity contribution in [3.05, 3.63) is 0 Å². The second-order valence-electron chi connectivity index (χ2n) is 7.12. The molecule has 1 aliphatic rings. The van der Waals surface area contributed by atoms with E-state index in [4.69, 9.17) is 11.5 Å². The Kier molecular flexibility index (Phi) is 13.0. The molecule has 0 radical (unpaired) electrons. The van der Waals surface area contributed by atoms with Gasteiger partial charge in [-0.05, 0) is 25.7 Å². The molecule has 1 amide bonds. The Labute approximate surface area is 163 Å². The number of aliphatic carboxylic acids is 2. The van der Waals surface area contributed by atoms with Gasteiger partial charge in [-0.15, -0.1) is 0 Å². The number of carboxylic acid groups (broad SMARTS) is 2. The average Bonchev–Trinajstić information content (AvgIpc) is 2.45. The SMILES string of the molecule is CC(C)(C)C(=O)N[C@@H](CCC(=O)[O-])C(=O)[O-].N[C@H]1CCCC[C@@H]1N.[Pt+2]. The fourth-order valence-corrected chi connectivity index (χ4v) is 2.07. The summed E-state index contributed by atoms with van der Waals surface area (Å²) in [6.45, 7) is 4.86. The fraction of sp³-hybridized carbons (Fsp3) is 0.812. The Morgan fingerprint density at radius 1 is 1.08 bits per heavy atom. The zero-order chi connectivity index (χ0) is 18.9. The molecule has 0 heterocycles. The summed E-state index contributed by atoms with van der Waals surface area (Å²) in [7, 11) is 0. The predicted octanol–water partition coefficient (Wildman–Crippen LogP) is -1.99. The number of nitrogens with one attached hydrogen (secondary N) is 1. The predicted molar refractivity (Wildman–Crippen MR) is 85.1 cm³/mol. The largest absolute Gasteiger partial charge is 2.00 e. The maximum atomic E-state index is 11.5. The van der Waals surface area contributed by atoms with Crippen LogP contribution in [0, 0.1) is 5.41 Å². The van der Waals surface area contributed by atoms with Gasteiger partial charge in [-0.2, -0.15) is 0 Å². The molecule has 0 aromatic heterocycles. The van der Waals surface area contributed by atoms with Crippen LogP contribution in [0.15, 0.2) is 0 Å². The van der Waals surface area contributed by atoms with Gasteiger partial charge in [0.25, 0.3) is 0 Å². The summed E-state index contributed by atoms with van der Waals surface area (Å²) in [6.07, 6.45) is 4.11. The molecule has 0 aromatic carbocycles. The van der Waals surface area contributed by atoms with E-state index in [0.717, 1.165) is 12.8 Å². The third-order valence-corrected chi connectivity index (χ3v) is 3.78. The first kappa shape index (κ1) is 26.2. The molecule has 1 saturated carbocycles. The van der Waals surface area contributed by atoms with Crippen molar-refractivity contribution in [2.24, 2.45) is 16.9 Å². The van der Waals surface area contributed by atoms with Crippen LogP contribution in [-0.4, -0.2) is 36.0 Å². The van der Waals surface area contributed by atoms with Crippen molar-refractivity contribution in [1.82, 2.24) is 5.32 Å². The monoisotopic (exact) mass is 538 g/mol. The number of hydrogen-bond donors (Lipinski definition) is 3. The van der Waals surface area contributed by atoms with Gasteiger partial charge in [0.2, 0.25) is 5.91 Å². The van der Waals surface area contributed by atoms with E-state index in [0.29, 0.717) is 0 Å². The second-order valence-corrected chi connectivity index (χ2v) is 7.12. The average molecular weight is 539 g/mol. The molecule has 0 bridgehead atoms. The molecule has 0 spiro atoms. The summed E-state index contributed by atoms with van der Waals surface area (Å²) in [6, 6.07) is -0.739. The molecule has 3 atom stereocenters. The number of carboxylic acids is 2. The third-order valence-electron chi connectivity index (χ3n) is 3.78. The molecule has 9 heteroatoms. The van der Waals surface area contributed by atoms with E-state index in [1.165, 1.54) is 12.8 Å². The van der Waals surface area contributed by atoms with Crippen molar-refractivity contribution in [2.75, 3.05) is 0 Å². The van der Waals surface area contributed by atoms with E-state index in [2.05, 4.69) is 5.32 Å². The van der Waals surface area contributed by atoms with Crippen molar-refractivity contribution in [3.63, 3.8) is 0 Å². The quantitative estimate of drug-likeness (QED) is 0.365. The summed E-state index contributed by atoms with van der Waals surface area (Å²) < 4.78 is 0. The number of carbonyl (C=O) groups is 3. The van der Waals surface area contributed by atoms with E-state index in [1.54, 1.807) is 20.8 Å². The van der Waals surface area contributed by atoms with Crippen molar-refractivity contribution >= 4 is 17.8 Å². The van der Waals surface area contributed by atoms with Crippen LogP contribution in [0.25, 0.3) is 0 Å². The summed E-state index contributed by atoms with van der Waals surface area (Å²) in [5.74, 6) is -3.34. The summed E-state index contributed by atoms with van der Waals surface area (Å²) in [5, 5.41) is 23.0. The molecule has 8 nitrogen and oxygen atoms in total. The van der Waals surface area contributed by atoms with Crippen LogP contribution < -0.4 is 27.0 Å². The van der Waals surface area contributed by atoms with Crippen molar-refractivity contribution in [3.8, 4) is 0 Å². The normalized spacial score (nSPS) is 21.0. The molecule has 1 aliphatic carbocycles. The number of amides is 1. The van der Waals surface area contributed by atoms with Gasteiger partial charge in [0.15, 0.2) is 0 Å². The molecule has 0 unspecified atom stereocenters. The van der Waals surface area contributed by atoms with Crippen LogP contribution >= 0.6 is 0 Å². The Morgan fingerprint density at radius 3 is 1.80 bits per heavy atom. The molecule has 1 fully saturated rings. The van der Waals surface area contributed by atoms with E-state index in [9.17, 15) is 24.6 Å². The standard InChI is InChI=1S/C10H17NO5.C6H14N2.Pt/c1-10(2,3)9(16)11-6(8(14)15)4-5-7(12)13;7-5-3-1-2-4-6(5)8;/h6H,4-5H2,1-3H3,(H,11,16)(H,12,13)(H,14,15);5-6H,1-4,7-8H2;/q;;+2/p-2/t6-;5-,6-;/m00./s1. The molecule has 0 saturated heterocycles. The number of rotatable bonds is 5. The molecular weight excluding hydrogens is 509 g/mol. The van der Waals surface area contributed by atoms with Crippen LogP contribution in [0.2, 0.25) is 0 Å². The Balaban J connectivity index is 0. The fourth-order valence-electron chi connectivity index (χ4n) is 2.07. The first-order valence-corrected chi connectivity index (χ1v) is 8.18.